The van der Waals surface area contributed by atoms with E-state index in [1.165, 1.54) is 41.3 Å². The van der Waals surface area contributed by atoms with E-state index in [1.807, 2.05) is 0 Å². The molecule has 100 valence electrons. The minimum absolute atomic E-state index is 0.261. The summed E-state index contributed by atoms with van der Waals surface area (Å²) < 4.78 is 1.18. The molecule has 0 radical (unpaired) electrons. The lowest BCUT2D eigenvalue weighted by atomic mass is 9.86. The van der Waals surface area contributed by atoms with Crippen LogP contribution in [0.1, 0.15) is 49.3 Å². The lowest BCUT2D eigenvalue weighted by Gasteiger charge is -2.29. The molecule has 19 heavy (non-hydrogen) atoms. The van der Waals surface area contributed by atoms with Crippen molar-refractivity contribution >= 4 is 15.9 Å². The van der Waals surface area contributed by atoms with Gasteiger partial charge >= 0.3 is 0 Å². The van der Waals surface area contributed by atoms with Crippen molar-refractivity contribution in [2.24, 2.45) is 5.92 Å². The molecule has 0 aliphatic heterocycles. The number of hydrogen-bond acceptors (Lipinski definition) is 2. The lowest BCUT2D eigenvalue weighted by Crippen LogP contribution is -2.35. The van der Waals surface area contributed by atoms with Gasteiger partial charge in [-0.1, -0.05) is 28.4 Å². The summed E-state index contributed by atoms with van der Waals surface area (Å²) in [6.45, 7) is 0. The van der Waals surface area contributed by atoms with Crippen LogP contribution in [-0.2, 0) is 6.42 Å². The van der Waals surface area contributed by atoms with Crippen molar-refractivity contribution in [3.63, 3.8) is 0 Å². The number of rotatable bonds is 2. The molecule has 2 aliphatic rings. The maximum absolute atomic E-state index is 9.07. The van der Waals surface area contributed by atoms with Crippen LogP contribution in [0, 0.1) is 17.2 Å². The summed E-state index contributed by atoms with van der Waals surface area (Å²) in [5.74, 6) is 0.261. The van der Waals surface area contributed by atoms with Crippen LogP contribution in [-0.4, -0.2) is 6.04 Å². The second-order valence-electron chi connectivity index (χ2n) is 5.79. The van der Waals surface area contributed by atoms with Gasteiger partial charge < -0.3 is 5.32 Å². The fraction of sp³-hybridized carbons (Fsp3) is 0.562. The van der Waals surface area contributed by atoms with E-state index in [4.69, 9.17) is 5.26 Å². The SMILES string of the molecule is N#C[C@@H]1CCC[C@@H](N[C@@H]2CCc3cc(Br)ccc32)C1. The predicted molar refractivity (Wildman–Crippen MR) is 79.7 cm³/mol. The maximum atomic E-state index is 9.07. The standard InChI is InChI=1S/C16H19BrN2/c17-13-5-6-15-12(9-13)4-7-16(15)19-14-3-1-2-11(8-14)10-18/h5-6,9,11,14,16,19H,1-4,7-8H2/t11-,14-,16-/m1/s1. The molecule has 0 aromatic heterocycles. The number of fused-ring (bicyclic) bond motifs is 1. The van der Waals surface area contributed by atoms with E-state index in [9.17, 15) is 0 Å². The monoisotopic (exact) mass is 318 g/mol. The summed E-state index contributed by atoms with van der Waals surface area (Å²) in [6.07, 6.45) is 6.89. The second kappa shape index (κ2) is 5.64. The first-order chi connectivity index (χ1) is 9.26. The lowest BCUT2D eigenvalue weighted by molar-refractivity contribution is 0.301. The van der Waals surface area contributed by atoms with Crippen LogP contribution in [0.15, 0.2) is 22.7 Å². The molecule has 0 amide bonds. The molecule has 0 saturated heterocycles. The van der Waals surface area contributed by atoms with Crippen molar-refractivity contribution in [2.45, 2.75) is 50.6 Å². The summed E-state index contributed by atoms with van der Waals surface area (Å²) in [6, 6.07) is 10.1. The topological polar surface area (TPSA) is 35.8 Å². The number of halogens is 1. The maximum Gasteiger partial charge on any atom is 0.0656 e. The number of nitrogens with one attached hydrogen (secondary N) is 1. The molecule has 0 bridgehead atoms. The Morgan fingerprint density at radius 3 is 3.00 bits per heavy atom. The Labute approximate surface area is 123 Å². The molecular formula is C16H19BrN2. The van der Waals surface area contributed by atoms with Gasteiger partial charge in [-0.2, -0.15) is 5.26 Å². The third kappa shape index (κ3) is 2.85. The summed E-state index contributed by atoms with van der Waals surface area (Å²) in [5, 5.41) is 12.9. The van der Waals surface area contributed by atoms with Gasteiger partial charge in [0, 0.05) is 22.5 Å². The Balaban J connectivity index is 1.68. The molecule has 1 N–H and O–H groups in total. The minimum atomic E-state index is 0.261. The van der Waals surface area contributed by atoms with Gasteiger partial charge in [0.15, 0.2) is 0 Å². The first-order valence-corrected chi connectivity index (χ1v) is 7.99. The molecule has 1 aromatic rings. The molecule has 0 spiro atoms. The van der Waals surface area contributed by atoms with Gasteiger partial charge in [-0.3, -0.25) is 0 Å². The summed E-state index contributed by atoms with van der Waals surface area (Å²) >= 11 is 3.54. The smallest absolute Gasteiger partial charge is 0.0656 e. The predicted octanol–water partition coefficient (Wildman–Crippen LogP) is 4.11. The Morgan fingerprint density at radius 1 is 1.26 bits per heavy atom. The number of nitrogens with zero attached hydrogens (tertiary/aromatic N) is 1. The highest BCUT2D eigenvalue weighted by molar-refractivity contribution is 9.10. The fourth-order valence-electron chi connectivity index (χ4n) is 3.50. The third-order valence-corrected chi connectivity index (χ3v) is 4.97. The fourth-order valence-corrected chi connectivity index (χ4v) is 3.91. The third-order valence-electron chi connectivity index (χ3n) is 4.48. The van der Waals surface area contributed by atoms with Gasteiger partial charge in [0.25, 0.3) is 0 Å². The van der Waals surface area contributed by atoms with Crippen LogP contribution >= 0.6 is 15.9 Å². The highest BCUT2D eigenvalue weighted by Gasteiger charge is 2.28. The van der Waals surface area contributed by atoms with Crippen molar-refractivity contribution < 1.29 is 0 Å². The molecule has 1 saturated carbocycles. The Hall–Kier alpha value is -0.850. The summed E-state index contributed by atoms with van der Waals surface area (Å²) in [5.41, 5.74) is 2.93. The van der Waals surface area contributed by atoms with Crippen LogP contribution in [0.2, 0.25) is 0 Å². The van der Waals surface area contributed by atoms with E-state index in [0.29, 0.717) is 12.1 Å². The molecule has 2 aliphatic carbocycles. The van der Waals surface area contributed by atoms with Crippen LogP contribution < -0.4 is 5.32 Å². The highest BCUT2D eigenvalue weighted by atomic mass is 79.9. The zero-order chi connectivity index (χ0) is 13.2. The van der Waals surface area contributed by atoms with Crippen LogP contribution in [0.3, 0.4) is 0 Å². The van der Waals surface area contributed by atoms with E-state index < -0.39 is 0 Å². The van der Waals surface area contributed by atoms with Crippen molar-refractivity contribution in [3.8, 4) is 6.07 Å². The average molecular weight is 319 g/mol. The normalized spacial score (nSPS) is 29.8. The zero-order valence-electron chi connectivity index (χ0n) is 11.0. The van der Waals surface area contributed by atoms with Crippen molar-refractivity contribution in [1.82, 2.24) is 5.32 Å². The van der Waals surface area contributed by atoms with Gasteiger partial charge in [-0.05, 0) is 55.4 Å². The van der Waals surface area contributed by atoms with Crippen molar-refractivity contribution in [2.75, 3.05) is 0 Å². The number of nitriles is 1. The van der Waals surface area contributed by atoms with Crippen LogP contribution in [0.4, 0.5) is 0 Å². The van der Waals surface area contributed by atoms with Crippen molar-refractivity contribution in [3.05, 3.63) is 33.8 Å². The van der Waals surface area contributed by atoms with Gasteiger partial charge in [0.2, 0.25) is 0 Å². The first-order valence-electron chi connectivity index (χ1n) is 7.20. The molecule has 2 nitrogen and oxygen atoms in total. The van der Waals surface area contributed by atoms with E-state index in [2.05, 4.69) is 45.5 Å². The number of aryl methyl sites for hydroxylation is 1. The molecule has 0 heterocycles. The number of hydrogen-bond donors (Lipinski definition) is 1. The van der Waals surface area contributed by atoms with Crippen molar-refractivity contribution in [1.29, 1.82) is 5.26 Å². The molecule has 1 aromatic carbocycles. The minimum Gasteiger partial charge on any atom is -0.307 e. The average Bonchev–Trinajstić information content (AvgIpc) is 2.81. The molecule has 1 fully saturated rings. The van der Waals surface area contributed by atoms with Gasteiger partial charge in [0.1, 0.15) is 0 Å². The van der Waals surface area contributed by atoms with E-state index >= 15 is 0 Å². The van der Waals surface area contributed by atoms with Crippen LogP contribution in [0.5, 0.6) is 0 Å². The Bertz CT molecular complexity index is 506. The summed E-state index contributed by atoms with van der Waals surface area (Å²) in [7, 11) is 0. The molecular weight excluding hydrogens is 300 g/mol. The van der Waals surface area contributed by atoms with E-state index in [1.54, 1.807) is 0 Å². The quantitative estimate of drug-likeness (QED) is 0.890. The summed E-state index contributed by atoms with van der Waals surface area (Å²) in [4.78, 5) is 0. The number of benzene rings is 1. The zero-order valence-corrected chi connectivity index (χ0v) is 12.6. The molecule has 3 rings (SSSR count). The molecule has 3 heteroatoms. The van der Waals surface area contributed by atoms with Crippen LogP contribution in [0.25, 0.3) is 0 Å². The van der Waals surface area contributed by atoms with Gasteiger partial charge in [0.05, 0.1) is 6.07 Å². The Morgan fingerprint density at radius 2 is 2.16 bits per heavy atom. The van der Waals surface area contributed by atoms with Gasteiger partial charge in [-0.25, -0.2) is 0 Å². The molecule has 3 atom stereocenters. The first kappa shape index (κ1) is 13.1. The largest absolute Gasteiger partial charge is 0.307 e. The highest BCUT2D eigenvalue weighted by Crippen LogP contribution is 2.35. The second-order valence-corrected chi connectivity index (χ2v) is 6.71. The van der Waals surface area contributed by atoms with E-state index in [-0.39, 0.29) is 5.92 Å². The van der Waals surface area contributed by atoms with E-state index in [0.717, 1.165) is 12.8 Å². The van der Waals surface area contributed by atoms with Gasteiger partial charge in [-0.15, -0.1) is 0 Å². The molecule has 0 unspecified atom stereocenters. The Kier molecular flexibility index (Phi) is 3.91.